The summed E-state index contributed by atoms with van der Waals surface area (Å²) in [6.45, 7) is -0.175. The van der Waals surface area contributed by atoms with Crippen molar-refractivity contribution in [1.29, 1.82) is 5.26 Å². The number of hydrogen-bond acceptors (Lipinski definition) is 2. The van der Waals surface area contributed by atoms with Gasteiger partial charge < -0.3 is 4.90 Å². The summed E-state index contributed by atoms with van der Waals surface area (Å²) in [5, 5.41) is 8.84. The minimum atomic E-state index is -4.47. The molecule has 118 valence electrons. The SMILES string of the molecule is CN(Cc1ccccc1C(F)(F)F)C(=O)c1cccc(C#N)c1. The molecule has 2 aromatic carbocycles. The molecule has 0 radical (unpaired) electrons. The van der Waals surface area contributed by atoms with Crippen LogP contribution >= 0.6 is 0 Å². The number of carbonyl (C=O) groups is 1. The van der Waals surface area contributed by atoms with Gasteiger partial charge in [0.05, 0.1) is 17.2 Å². The maximum Gasteiger partial charge on any atom is 0.416 e. The van der Waals surface area contributed by atoms with Crippen molar-refractivity contribution in [2.24, 2.45) is 0 Å². The average molecular weight is 318 g/mol. The Bertz CT molecular complexity index is 763. The third-order valence-corrected chi connectivity index (χ3v) is 3.32. The van der Waals surface area contributed by atoms with E-state index in [1.54, 1.807) is 12.1 Å². The van der Waals surface area contributed by atoms with Crippen LogP contribution in [0.25, 0.3) is 0 Å². The molecule has 0 N–H and O–H groups in total. The second kappa shape index (κ2) is 6.53. The summed E-state index contributed by atoms with van der Waals surface area (Å²) in [4.78, 5) is 13.5. The van der Waals surface area contributed by atoms with Crippen molar-refractivity contribution in [1.82, 2.24) is 4.90 Å². The quantitative estimate of drug-likeness (QED) is 0.863. The molecule has 0 unspecified atom stereocenters. The topological polar surface area (TPSA) is 44.1 Å². The molecular formula is C17H13F3N2O. The van der Waals surface area contributed by atoms with Crippen molar-refractivity contribution in [3.8, 4) is 6.07 Å². The zero-order valence-electron chi connectivity index (χ0n) is 12.3. The molecule has 0 aromatic heterocycles. The smallest absolute Gasteiger partial charge is 0.337 e. The molecule has 0 heterocycles. The van der Waals surface area contributed by atoms with Gasteiger partial charge in [0.1, 0.15) is 0 Å². The molecule has 1 amide bonds. The first kappa shape index (κ1) is 16.6. The van der Waals surface area contributed by atoms with Gasteiger partial charge in [0.15, 0.2) is 0 Å². The zero-order valence-corrected chi connectivity index (χ0v) is 12.3. The number of nitrogens with zero attached hydrogens (tertiary/aromatic N) is 2. The standard InChI is InChI=1S/C17H13F3N2O/c1-22(16(23)13-7-4-5-12(9-13)10-21)11-14-6-2-3-8-15(14)17(18,19)20/h2-9H,11H2,1H3. The molecule has 0 aliphatic carbocycles. The highest BCUT2D eigenvalue weighted by molar-refractivity contribution is 5.94. The molecule has 0 spiro atoms. The highest BCUT2D eigenvalue weighted by Gasteiger charge is 2.33. The number of carbonyl (C=O) groups excluding carboxylic acids is 1. The van der Waals surface area contributed by atoms with Crippen molar-refractivity contribution in [3.63, 3.8) is 0 Å². The summed E-state index contributed by atoms with van der Waals surface area (Å²) in [7, 11) is 1.43. The van der Waals surface area contributed by atoms with E-state index < -0.39 is 17.6 Å². The van der Waals surface area contributed by atoms with Crippen LogP contribution in [-0.4, -0.2) is 17.9 Å². The predicted octanol–water partition coefficient (Wildman–Crippen LogP) is 3.85. The maximum absolute atomic E-state index is 13.0. The fourth-order valence-electron chi connectivity index (χ4n) is 2.20. The second-order valence-corrected chi connectivity index (χ2v) is 5.01. The number of rotatable bonds is 3. The van der Waals surface area contributed by atoms with Gasteiger partial charge >= 0.3 is 6.18 Å². The molecular weight excluding hydrogens is 305 g/mol. The molecule has 0 aliphatic rings. The van der Waals surface area contributed by atoms with Gasteiger partial charge in [0, 0.05) is 19.2 Å². The Morgan fingerprint density at radius 3 is 2.52 bits per heavy atom. The lowest BCUT2D eigenvalue weighted by atomic mass is 10.1. The van der Waals surface area contributed by atoms with E-state index >= 15 is 0 Å². The highest BCUT2D eigenvalue weighted by Crippen LogP contribution is 2.32. The monoisotopic (exact) mass is 318 g/mol. The van der Waals surface area contributed by atoms with Crippen LogP contribution in [0.1, 0.15) is 27.0 Å². The number of amides is 1. The summed E-state index contributed by atoms with van der Waals surface area (Å²) in [6, 6.07) is 13.1. The maximum atomic E-state index is 13.0. The van der Waals surface area contributed by atoms with Crippen LogP contribution in [0, 0.1) is 11.3 Å². The molecule has 0 atom stereocenters. The van der Waals surface area contributed by atoms with Crippen molar-refractivity contribution in [2.45, 2.75) is 12.7 Å². The lowest BCUT2D eigenvalue weighted by Crippen LogP contribution is -2.27. The predicted molar refractivity (Wildman–Crippen MR) is 78.4 cm³/mol. The summed E-state index contributed by atoms with van der Waals surface area (Å²) in [6.07, 6.45) is -4.47. The molecule has 0 bridgehead atoms. The highest BCUT2D eigenvalue weighted by atomic mass is 19.4. The van der Waals surface area contributed by atoms with E-state index in [0.717, 1.165) is 6.07 Å². The van der Waals surface area contributed by atoms with Gasteiger partial charge in [-0.3, -0.25) is 4.79 Å². The van der Waals surface area contributed by atoms with Crippen LogP contribution in [-0.2, 0) is 12.7 Å². The van der Waals surface area contributed by atoms with E-state index in [2.05, 4.69) is 0 Å². The molecule has 0 saturated carbocycles. The fraction of sp³-hybridized carbons (Fsp3) is 0.176. The first-order valence-electron chi connectivity index (χ1n) is 6.73. The van der Waals surface area contributed by atoms with Crippen LogP contribution in [0.3, 0.4) is 0 Å². The fourth-order valence-corrected chi connectivity index (χ4v) is 2.20. The van der Waals surface area contributed by atoms with Gasteiger partial charge in [-0.05, 0) is 29.8 Å². The number of alkyl halides is 3. The molecule has 23 heavy (non-hydrogen) atoms. The van der Waals surface area contributed by atoms with Gasteiger partial charge in [0.2, 0.25) is 0 Å². The lowest BCUT2D eigenvalue weighted by molar-refractivity contribution is -0.138. The molecule has 0 saturated heterocycles. The first-order valence-corrected chi connectivity index (χ1v) is 6.73. The van der Waals surface area contributed by atoms with Crippen molar-refractivity contribution < 1.29 is 18.0 Å². The Kier molecular flexibility index (Phi) is 4.70. The largest absolute Gasteiger partial charge is 0.416 e. The molecule has 2 aromatic rings. The zero-order chi connectivity index (χ0) is 17.0. The van der Waals surface area contributed by atoms with Crippen LogP contribution in [0.4, 0.5) is 13.2 Å². The minimum Gasteiger partial charge on any atom is -0.337 e. The molecule has 3 nitrogen and oxygen atoms in total. The number of halogens is 3. The average Bonchev–Trinajstić information content (AvgIpc) is 2.53. The Labute approximate surface area is 131 Å². The van der Waals surface area contributed by atoms with Crippen molar-refractivity contribution in [3.05, 3.63) is 70.8 Å². The summed E-state index contributed by atoms with van der Waals surface area (Å²) < 4.78 is 38.9. The van der Waals surface area contributed by atoms with E-state index in [-0.39, 0.29) is 17.7 Å². The number of nitriles is 1. The van der Waals surface area contributed by atoms with Crippen molar-refractivity contribution in [2.75, 3.05) is 7.05 Å². The number of benzene rings is 2. The normalized spacial score (nSPS) is 10.9. The van der Waals surface area contributed by atoms with Gasteiger partial charge in [-0.15, -0.1) is 0 Å². The van der Waals surface area contributed by atoms with Crippen LogP contribution in [0.15, 0.2) is 48.5 Å². The van der Waals surface area contributed by atoms with Crippen molar-refractivity contribution >= 4 is 5.91 Å². The summed E-state index contributed by atoms with van der Waals surface area (Å²) >= 11 is 0. The number of hydrogen-bond donors (Lipinski definition) is 0. The van der Waals surface area contributed by atoms with Gasteiger partial charge in [-0.25, -0.2) is 0 Å². The lowest BCUT2D eigenvalue weighted by Gasteiger charge is -2.20. The van der Waals surface area contributed by atoms with E-state index in [9.17, 15) is 18.0 Å². The van der Waals surface area contributed by atoms with E-state index in [0.29, 0.717) is 5.56 Å². The van der Waals surface area contributed by atoms with E-state index in [1.807, 2.05) is 6.07 Å². The van der Waals surface area contributed by atoms with Gasteiger partial charge in [-0.1, -0.05) is 24.3 Å². The second-order valence-electron chi connectivity index (χ2n) is 5.01. The van der Waals surface area contributed by atoms with E-state index in [1.165, 1.54) is 42.3 Å². The molecule has 0 aliphatic heterocycles. The Morgan fingerprint density at radius 1 is 1.17 bits per heavy atom. The minimum absolute atomic E-state index is 0.0206. The Morgan fingerprint density at radius 2 is 1.87 bits per heavy atom. The summed E-state index contributed by atoms with van der Waals surface area (Å²) in [5.41, 5.74) is -0.159. The van der Waals surface area contributed by atoms with Crippen LogP contribution < -0.4 is 0 Å². The van der Waals surface area contributed by atoms with Crippen LogP contribution in [0.2, 0.25) is 0 Å². The van der Waals surface area contributed by atoms with Gasteiger partial charge in [0.25, 0.3) is 5.91 Å². The Balaban J connectivity index is 2.24. The molecule has 2 rings (SSSR count). The summed E-state index contributed by atoms with van der Waals surface area (Å²) in [5.74, 6) is -0.445. The Hall–Kier alpha value is -2.81. The first-order chi connectivity index (χ1) is 10.8. The molecule has 0 fully saturated rings. The third kappa shape index (κ3) is 3.89. The van der Waals surface area contributed by atoms with Crippen LogP contribution in [0.5, 0.6) is 0 Å². The molecule has 6 heteroatoms. The van der Waals surface area contributed by atoms with E-state index in [4.69, 9.17) is 5.26 Å². The third-order valence-electron chi connectivity index (χ3n) is 3.32. The van der Waals surface area contributed by atoms with Gasteiger partial charge in [-0.2, -0.15) is 18.4 Å².